The first-order valence-electron chi connectivity index (χ1n) is 9.54. The van der Waals surface area contributed by atoms with Gasteiger partial charge in [-0.3, -0.25) is 4.79 Å². The number of amides is 1. The van der Waals surface area contributed by atoms with E-state index in [0.717, 1.165) is 12.1 Å². The fraction of sp³-hybridized carbons (Fsp3) is 0.174. The number of carboxylic acids is 1. The molecule has 1 amide bonds. The van der Waals surface area contributed by atoms with Crippen LogP contribution in [-0.2, 0) is 4.79 Å². The van der Waals surface area contributed by atoms with Crippen LogP contribution in [0.15, 0.2) is 53.1 Å². The number of benzene rings is 2. The highest BCUT2D eigenvalue weighted by Crippen LogP contribution is 2.34. The molecule has 2 aromatic carbocycles. The van der Waals surface area contributed by atoms with Gasteiger partial charge in [0.1, 0.15) is 6.61 Å². The second kappa shape index (κ2) is 9.48. The van der Waals surface area contributed by atoms with Crippen molar-refractivity contribution in [2.45, 2.75) is 13.1 Å². The lowest BCUT2D eigenvalue weighted by atomic mass is 10.1. The maximum absolute atomic E-state index is 13.7. The van der Waals surface area contributed by atoms with E-state index in [2.05, 4.69) is 11.0 Å². The van der Waals surface area contributed by atoms with Crippen LogP contribution in [0.25, 0.3) is 6.08 Å². The summed E-state index contributed by atoms with van der Waals surface area (Å²) >= 11 is 0. The summed E-state index contributed by atoms with van der Waals surface area (Å²) in [6.45, 7) is 1.94. The molecule has 0 aliphatic carbocycles. The first-order chi connectivity index (χ1) is 15.7. The van der Waals surface area contributed by atoms with E-state index in [1.807, 2.05) is 0 Å². The van der Waals surface area contributed by atoms with Gasteiger partial charge in [0.2, 0.25) is 0 Å². The van der Waals surface area contributed by atoms with E-state index in [-0.39, 0.29) is 35.8 Å². The SMILES string of the molecule is C#CCOc1ccc(/C=C2\C(=O)N(c3cccc(C(=O)O)c3)N=C2C(F)(F)F)cc1OCC. The number of hydrogen-bond acceptors (Lipinski definition) is 5. The van der Waals surface area contributed by atoms with Crippen LogP contribution in [0.4, 0.5) is 18.9 Å². The average molecular weight is 458 g/mol. The number of carboxylic acid groups (broad SMARTS) is 1. The van der Waals surface area contributed by atoms with Crippen molar-refractivity contribution in [3.05, 3.63) is 59.2 Å². The molecule has 7 nitrogen and oxygen atoms in total. The zero-order chi connectivity index (χ0) is 24.2. The number of nitrogens with zero attached hydrogens (tertiary/aromatic N) is 2. The van der Waals surface area contributed by atoms with Crippen LogP contribution in [-0.4, -0.2) is 42.1 Å². The van der Waals surface area contributed by atoms with Crippen LogP contribution in [0.2, 0.25) is 0 Å². The molecule has 1 N–H and O–H groups in total. The molecule has 1 heterocycles. The van der Waals surface area contributed by atoms with Crippen LogP contribution < -0.4 is 14.5 Å². The number of carbonyl (C=O) groups is 2. The molecular weight excluding hydrogens is 441 g/mol. The molecule has 170 valence electrons. The third kappa shape index (κ3) is 5.15. The van der Waals surface area contributed by atoms with Crippen LogP contribution in [0.5, 0.6) is 11.5 Å². The zero-order valence-electron chi connectivity index (χ0n) is 17.2. The number of ether oxygens (including phenoxy) is 2. The van der Waals surface area contributed by atoms with E-state index in [9.17, 15) is 22.8 Å². The minimum atomic E-state index is -4.93. The molecule has 0 spiro atoms. The molecular formula is C23H17F3N2O5. The maximum Gasteiger partial charge on any atom is 0.435 e. The van der Waals surface area contributed by atoms with Gasteiger partial charge in [0.25, 0.3) is 5.91 Å². The number of carbonyl (C=O) groups excluding carboxylic acids is 1. The number of halogens is 3. The maximum atomic E-state index is 13.7. The third-order valence-electron chi connectivity index (χ3n) is 4.37. The molecule has 0 radical (unpaired) electrons. The summed E-state index contributed by atoms with van der Waals surface area (Å²) in [7, 11) is 0. The normalized spacial score (nSPS) is 14.8. The summed E-state index contributed by atoms with van der Waals surface area (Å²) in [6.07, 6.45) is 1.28. The number of alkyl halides is 3. The van der Waals surface area contributed by atoms with Crippen molar-refractivity contribution in [1.29, 1.82) is 0 Å². The number of hydrogen-bond donors (Lipinski definition) is 1. The molecule has 1 aliphatic heterocycles. The van der Waals surface area contributed by atoms with Crippen LogP contribution in [0.1, 0.15) is 22.8 Å². The van der Waals surface area contributed by atoms with Crippen molar-refractivity contribution in [3.8, 4) is 23.8 Å². The van der Waals surface area contributed by atoms with E-state index in [1.54, 1.807) is 6.92 Å². The summed E-state index contributed by atoms with van der Waals surface area (Å²) < 4.78 is 51.9. The van der Waals surface area contributed by atoms with E-state index in [0.29, 0.717) is 10.8 Å². The Morgan fingerprint density at radius 2 is 1.97 bits per heavy atom. The Morgan fingerprint density at radius 3 is 2.61 bits per heavy atom. The Hall–Kier alpha value is -4.26. The molecule has 10 heteroatoms. The Labute approximate surface area is 186 Å². The van der Waals surface area contributed by atoms with Crippen molar-refractivity contribution < 1.29 is 37.3 Å². The lowest BCUT2D eigenvalue weighted by Crippen LogP contribution is -2.25. The molecule has 3 rings (SSSR count). The predicted molar refractivity (Wildman–Crippen MR) is 114 cm³/mol. The molecule has 0 unspecified atom stereocenters. The molecule has 0 fully saturated rings. The van der Waals surface area contributed by atoms with Crippen molar-refractivity contribution in [1.82, 2.24) is 0 Å². The molecule has 0 bridgehead atoms. The average Bonchev–Trinajstić information content (AvgIpc) is 3.10. The van der Waals surface area contributed by atoms with Gasteiger partial charge in [-0.2, -0.15) is 23.3 Å². The van der Waals surface area contributed by atoms with Gasteiger partial charge in [0, 0.05) is 0 Å². The van der Waals surface area contributed by atoms with Gasteiger partial charge in [-0.15, -0.1) is 6.42 Å². The summed E-state index contributed by atoms with van der Waals surface area (Å²) in [4.78, 5) is 24.1. The Bertz CT molecular complexity index is 1200. The highest BCUT2D eigenvalue weighted by molar-refractivity contribution is 6.34. The largest absolute Gasteiger partial charge is 0.490 e. The van der Waals surface area contributed by atoms with Gasteiger partial charge in [-0.25, -0.2) is 4.79 Å². The van der Waals surface area contributed by atoms with Gasteiger partial charge in [0.15, 0.2) is 17.2 Å². The number of terminal acetylenes is 1. The van der Waals surface area contributed by atoms with Crippen molar-refractivity contribution in [2.75, 3.05) is 18.2 Å². The Balaban J connectivity index is 2.05. The molecule has 0 aromatic heterocycles. The van der Waals surface area contributed by atoms with Crippen molar-refractivity contribution >= 4 is 29.4 Å². The molecule has 0 saturated heterocycles. The fourth-order valence-corrected chi connectivity index (χ4v) is 2.99. The first-order valence-corrected chi connectivity index (χ1v) is 9.54. The monoisotopic (exact) mass is 458 g/mol. The number of anilines is 1. The standard InChI is InChI=1S/C23H17F3N2O5/c1-3-10-33-18-9-8-14(12-19(18)32-4-2)11-17-20(23(24,25)26)27-28(21(17)29)16-7-5-6-15(13-16)22(30)31/h1,5-9,11-13H,4,10H2,2H3,(H,30,31)/b17-11-. The number of hydrazone groups is 1. The smallest absolute Gasteiger partial charge is 0.435 e. The van der Waals surface area contributed by atoms with Crippen LogP contribution >= 0.6 is 0 Å². The minimum absolute atomic E-state index is 0.0335. The van der Waals surface area contributed by atoms with Crippen molar-refractivity contribution in [3.63, 3.8) is 0 Å². The highest BCUT2D eigenvalue weighted by atomic mass is 19.4. The van der Waals surface area contributed by atoms with E-state index in [4.69, 9.17) is 21.0 Å². The lowest BCUT2D eigenvalue weighted by Gasteiger charge is -2.12. The fourth-order valence-electron chi connectivity index (χ4n) is 2.99. The molecule has 0 atom stereocenters. The van der Waals surface area contributed by atoms with E-state index in [1.165, 1.54) is 36.4 Å². The third-order valence-corrected chi connectivity index (χ3v) is 4.37. The Kier molecular flexibility index (Phi) is 6.72. The van der Waals surface area contributed by atoms with Crippen LogP contribution in [0, 0.1) is 12.3 Å². The molecule has 2 aromatic rings. The van der Waals surface area contributed by atoms with Crippen LogP contribution in [0.3, 0.4) is 0 Å². The molecule has 1 aliphatic rings. The number of rotatable bonds is 7. The highest BCUT2D eigenvalue weighted by Gasteiger charge is 2.46. The second-order valence-corrected chi connectivity index (χ2v) is 6.61. The summed E-state index contributed by atoms with van der Waals surface area (Å²) in [6, 6.07) is 9.22. The zero-order valence-corrected chi connectivity index (χ0v) is 17.2. The number of aromatic carboxylic acids is 1. The summed E-state index contributed by atoms with van der Waals surface area (Å²) in [5.74, 6) is 0.482. The van der Waals surface area contributed by atoms with Gasteiger partial charge in [0.05, 0.1) is 23.4 Å². The predicted octanol–water partition coefficient (Wildman–Crippen LogP) is 4.14. The minimum Gasteiger partial charge on any atom is -0.490 e. The van der Waals surface area contributed by atoms with Gasteiger partial charge >= 0.3 is 12.1 Å². The van der Waals surface area contributed by atoms with E-state index >= 15 is 0 Å². The van der Waals surface area contributed by atoms with Gasteiger partial charge in [-0.05, 0) is 48.9 Å². The van der Waals surface area contributed by atoms with E-state index < -0.39 is 29.3 Å². The quantitative estimate of drug-likeness (QED) is 0.498. The summed E-state index contributed by atoms with van der Waals surface area (Å²) in [5.41, 5.74) is -2.20. The van der Waals surface area contributed by atoms with Gasteiger partial charge in [-0.1, -0.05) is 18.1 Å². The van der Waals surface area contributed by atoms with Crippen molar-refractivity contribution in [2.24, 2.45) is 5.10 Å². The first kappa shape index (κ1) is 23.4. The lowest BCUT2D eigenvalue weighted by molar-refractivity contribution is -0.114. The summed E-state index contributed by atoms with van der Waals surface area (Å²) in [5, 5.41) is 13.1. The molecule has 33 heavy (non-hydrogen) atoms. The second-order valence-electron chi connectivity index (χ2n) is 6.61. The topological polar surface area (TPSA) is 88.4 Å². The molecule has 0 saturated carbocycles. The van der Waals surface area contributed by atoms with Gasteiger partial charge < -0.3 is 14.6 Å². The Morgan fingerprint density at radius 1 is 1.21 bits per heavy atom.